The van der Waals surface area contributed by atoms with Crippen molar-refractivity contribution >= 4 is 18.0 Å². The number of carbonyl (C=O) groups is 3. The van der Waals surface area contributed by atoms with Gasteiger partial charge in [0.15, 0.2) is 0 Å². The van der Waals surface area contributed by atoms with Gasteiger partial charge in [-0.3, -0.25) is 9.59 Å². The van der Waals surface area contributed by atoms with Gasteiger partial charge in [0, 0.05) is 25.0 Å². The number of hydrogen-bond acceptors (Lipinski definition) is 5. The summed E-state index contributed by atoms with van der Waals surface area (Å²) in [4.78, 5) is 36.4. The zero-order valence-electron chi connectivity index (χ0n) is 17.8. The van der Waals surface area contributed by atoms with Gasteiger partial charge in [-0.1, -0.05) is 48.5 Å². The Hall–Kier alpha value is -3.39. The van der Waals surface area contributed by atoms with E-state index in [0.29, 0.717) is 6.61 Å². The van der Waals surface area contributed by atoms with Crippen molar-refractivity contribution in [3.8, 4) is 11.1 Å². The molecule has 3 N–H and O–H groups in total. The highest BCUT2D eigenvalue weighted by molar-refractivity contribution is 5.91. The van der Waals surface area contributed by atoms with E-state index in [1.807, 2.05) is 36.4 Å². The second-order valence-corrected chi connectivity index (χ2v) is 8.31. The Morgan fingerprint density at radius 2 is 1.75 bits per heavy atom. The van der Waals surface area contributed by atoms with Gasteiger partial charge in [0.1, 0.15) is 12.1 Å². The lowest BCUT2D eigenvalue weighted by Gasteiger charge is -2.28. The molecule has 2 aromatic carbocycles. The van der Waals surface area contributed by atoms with Gasteiger partial charge >= 0.3 is 12.1 Å². The smallest absolute Gasteiger partial charge is 0.408 e. The van der Waals surface area contributed by atoms with Gasteiger partial charge in [-0.25, -0.2) is 4.79 Å². The first-order valence-electron chi connectivity index (χ1n) is 10.6. The maximum Gasteiger partial charge on any atom is 0.408 e. The first kappa shape index (κ1) is 21.8. The van der Waals surface area contributed by atoms with E-state index in [4.69, 9.17) is 14.6 Å². The summed E-state index contributed by atoms with van der Waals surface area (Å²) in [7, 11) is 0. The number of aliphatic carboxylic acids is 1. The van der Waals surface area contributed by atoms with Gasteiger partial charge in [0.05, 0.1) is 13.0 Å². The normalized spacial score (nSPS) is 20.2. The van der Waals surface area contributed by atoms with Gasteiger partial charge in [-0.05, 0) is 29.2 Å². The number of benzene rings is 2. The zero-order valence-corrected chi connectivity index (χ0v) is 17.8. The van der Waals surface area contributed by atoms with Crippen LogP contribution in [0.15, 0.2) is 48.5 Å². The van der Waals surface area contributed by atoms with Crippen LogP contribution in [-0.2, 0) is 19.1 Å². The molecule has 0 saturated carbocycles. The SMILES string of the molecule is C[C@@H](CC(=O)O)NC(=O)C1(NC(=O)OCC2c3ccccc3-c3ccccc32)CCOC1. The number of carboxylic acid groups (broad SMARTS) is 1. The van der Waals surface area contributed by atoms with E-state index in [1.165, 1.54) is 0 Å². The average Bonchev–Trinajstić information content (AvgIpc) is 3.35. The molecule has 2 aromatic rings. The molecule has 32 heavy (non-hydrogen) atoms. The number of ether oxygens (including phenoxy) is 2. The molecule has 1 saturated heterocycles. The topological polar surface area (TPSA) is 114 Å². The zero-order chi connectivity index (χ0) is 22.7. The second-order valence-electron chi connectivity index (χ2n) is 8.31. The molecule has 0 bridgehead atoms. The Kier molecular flexibility index (Phi) is 6.14. The minimum Gasteiger partial charge on any atom is -0.481 e. The molecule has 0 aromatic heterocycles. The van der Waals surface area contributed by atoms with E-state index in [2.05, 4.69) is 22.8 Å². The fourth-order valence-electron chi connectivity index (χ4n) is 4.40. The number of carbonyl (C=O) groups excluding carboxylic acids is 2. The van der Waals surface area contributed by atoms with Gasteiger partial charge in [-0.2, -0.15) is 0 Å². The fraction of sp³-hybridized carbons (Fsp3) is 0.375. The minimum absolute atomic E-state index is 0.00280. The summed E-state index contributed by atoms with van der Waals surface area (Å²) >= 11 is 0. The van der Waals surface area contributed by atoms with Crippen molar-refractivity contribution < 1.29 is 29.0 Å². The molecule has 2 atom stereocenters. The van der Waals surface area contributed by atoms with E-state index in [-0.39, 0.29) is 32.0 Å². The van der Waals surface area contributed by atoms with Crippen LogP contribution in [0.25, 0.3) is 11.1 Å². The summed E-state index contributed by atoms with van der Waals surface area (Å²) in [6.07, 6.45) is -0.644. The van der Waals surface area contributed by atoms with Crippen LogP contribution in [0.2, 0.25) is 0 Å². The molecule has 8 nitrogen and oxygen atoms in total. The van der Waals surface area contributed by atoms with Crippen LogP contribution in [-0.4, -0.2) is 54.5 Å². The summed E-state index contributed by atoms with van der Waals surface area (Å²) in [6, 6.07) is 15.5. The second kappa shape index (κ2) is 9.00. The molecule has 1 aliphatic heterocycles. The number of carboxylic acids is 1. The van der Waals surface area contributed by atoms with E-state index in [9.17, 15) is 14.4 Å². The lowest BCUT2D eigenvalue weighted by Crippen LogP contribution is -2.61. The molecule has 0 spiro atoms. The van der Waals surface area contributed by atoms with Crippen molar-refractivity contribution in [2.24, 2.45) is 0 Å². The Morgan fingerprint density at radius 3 is 2.31 bits per heavy atom. The molecule has 1 heterocycles. The first-order valence-corrected chi connectivity index (χ1v) is 10.6. The third-order valence-corrected chi connectivity index (χ3v) is 6.00. The van der Waals surface area contributed by atoms with Crippen LogP contribution in [0.5, 0.6) is 0 Å². The van der Waals surface area contributed by atoms with Crippen molar-refractivity contribution in [1.29, 1.82) is 0 Å². The van der Waals surface area contributed by atoms with Crippen molar-refractivity contribution in [3.63, 3.8) is 0 Å². The highest BCUT2D eigenvalue weighted by atomic mass is 16.6. The number of amides is 2. The van der Waals surface area contributed by atoms with Crippen LogP contribution in [0, 0.1) is 0 Å². The third-order valence-electron chi connectivity index (χ3n) is 6.00. The van der Waals surface area contributed by atoms with Crippen LogP contribution >= 0.6 is 0 Å². The van der Waals surface area contributed by atoms with E-state index in [0.717, 1.165) is 22.3 Å². The lowest BCUT2D eigenvalue weighted by atomic mass is 9.97. The monoisotopic (exact) mass is 438 g/mol. The predicted molar refractivity (Wildman–Crippen MR) is 116 cm³/mol. The van der Waals surface area contributed by atoms with Crippen LogP contribution < -0.4 is 10.6 Å². The number of hydrogen-bond donors (Lipinski definition) is 3. The highest BCUT2D eigenvalue weighted by Gasteiger charge is 2.45. The lowest BCUT2D eigenvalue weighted by molar-refractivity contribution is -0.137. The number of alkyl carbamates (subject to hydrolysis) is 1. The molecule has 0 radical (unpaired) electrons. The van der Waals surface area contributed by atoms with E-state index < -0.39 is 29.6 Å². The molecule has 1 fully saturated rings. The molecule has 2 aliphatic rings. The molecule has 1 unspecified atom stereocenters. The highest BCUT2D eigenvalue weighted by Crippen LogP contribution is 2.44. The minimum atomic E-state index is -1.28. The van der Waals surface area contributed by atoms with Gasteiger partial charge in [0.25, 0.3) is 0 Å². The Labute approximate surface area is 185 Å². The molecule has 2 amide bonds. The maximum atomic E-state index is 12.8. The molecular weight excluding hydrogens is 412 g/mol. The van der Waals surface area contributed by atoms with Gasteiger partial charge < -0.3 is 25.2 Å². The first-order chi connectivity index (χ1) is 15.4. The molecular formula is C24H26N2O6. The quantitative estimate of drug-likeness (QED) is 0.612. The van der Waals surface area contributed by atoms with Crippen molar-refractivity contribution in [2.45, 2.75) is 37.3 Å². The Balaban J connectivity index is 1.43. The van der Waals surface area contributed by atoms with Crippen LogP contribution in [0.3, 0.4) is 0 Å². The summed E-state index contributed by atoms with van der Waals surface area (Å²) < 4.78 is 10.9. The molecule has 1 aliphatic carbocycles. The summed E-state index contributed by atoms with van der Waals surface area (Å²) in [6.45, 7) is 2.05. The third kappa shape index (κ3) is 4.31. The largest absolute Gasteiger partial charge is 0.481 e. The summed E-state index contributed by atoms with van der Waals surface area (Å²) in [5.74, 6) is -1.58. The van der Waals surface area contributed by atoms with E-state index >= 15 is 0 Å². The van der Waals surface area contributed by atoms with Gasteiger partial charge in [0.2, 0.25) is 5.91 Å². The fourth-order valence-corrected chi connectivity index (χ4v) is 4.40. The van der Waals surface area contributed by atoms with Crippen molar-refractivity contribution in [2.75, 3.05) is 19.8 Å². The Bertz CT molecular complexity index is 985. The maximum absolute atomic E-state index is 12.8. The van der Waals surface area contributed by atoms with Crippen molar-refractivity contribution in [3.05, 3.63) is 59.7 Å². The van der Waals surface area contributed by atoms with Crippen LogP contribution in [0.1, 0.15) is 36.8 Å². The number of nitrogens with one attached hydrogen (secondary N) is 2. The summed E-state index contributed by atoms with van der Waals surface area (Å²) in [5.41, 5.74) is 3.17. The molecule has 168 valence electrons. The van der Waals surface area contributed by atoms with Crippen molar-refractivity contribution in [1.82, 2.24) is 10.6 Å². The van der Waals surface area contributed by atoms with E-state index in [1.54, 1.807) is 6.92 Å². The van der Waals surface area contributed by atoms with Crippen LogP contribution in [0.4, 0.5) is 4.79 Å². The number of fused-ring (bicyclic) bond motifs is 3. The predicted octanol–water partition coefficient (Wildman–Crippen LogP) is 2.66. The Morgan fingerprint density at radius 1 is 1.12 bits per heavy atom. The number of rotatable bonds is 7. The van der Waals surface area contributed by atoms with Gasteiger partial charge in [-0.15, -0.1) is 0 Å². The average molecular weight is 438 g/mol. The molecule has 8 heteroatoms. The molecule has 4 rings (SSSR count). The standard InChI is InChI=1S/C24H26N2O6/c1-15(12-21(27)28)25-22(29)24(10-11-31-14-24)26-23(30)32-13-20-18-8-4-2-6-16(18)17-7-3-5-9-19(17)20/h2-9,15,20H,10-14H2,1H3,(H,25,29)(H,26,30)(H,27,28)/t15-,24?/m0/s1. The summed E-state index contributed by atoms with van der Waals surface area (Å²) in [5, 5.41) is 14.2.